The lowest BCUT2D eigenvalue weighted by atomic mass is 10.3. The summed E-state index contributed by atoms with van der Waals surface area (Å²) in [5.74, 6) is -2.02. The van der Waals surface area contributed by atoms with Crippen LogP contribution in [0.25, 0.3) is 0 Å². The molecule has 2 fully saturated rings. The van der Waals surface area contributed by atoms with Crippen LogP contribution in [0.2, 0.25) is 5.15 Å². The summed E-state index contributed by atoms with van der Waals surface area (Å²) in [5.41, 5.74) is 0. The van der Waals surface area contributed by atoms with E-state index in [9.17, 15) is 8.78 Å². The average molecular weight is 320 g/mol. The zero-order valence-corrected chi connectivity index (χ0v) is 12.2. The van der Waals surface area contributed by atoms with Crippen molar-refractivity contribution in [2.24, 2.45) is 0 Å². The molecule has 1 aliphatic carbocycles. The van der Waals surface area contributed by atoms with Gasteiger partial charge in [-0.15, -0.1) is 0 Å². The zero-order valence-electron chi connectivity index (χ0n) is 11.4. The van der Waals surface area contributed by atoms with Crippen LogP contribution < -0.4 is 9.64 Å². The minimum Gasteiger partial charge on any atom is -0.460 e. The molecular formula is C13H16ClF2N3O2. The summed E-state index contributed by atoms with van der Waals surface area (Å²) in [6.45, 7) is 2.64. The van der Waals surface area contributed by atoms with Gasteiger partial charge in [0.2, 0.25) is 0 Å². The molecule has 1 aromatic rings. The number of anilines is 1. The van der Waals surface area contributed by atoms with Gasteiger partial charge in [-0.25, -0.2) is 8.78 Å². The number of ether oxygens (including phenoxy) is 2. The van der Waals surface area contributed by atoms with Crippen LogP contribution in [0.4, 0.5) is 14.6 Å². The predicted octanol–water partition coefficient (Wildman–Crippen LogP) is 2.53. The first-order valence-electron chi connectivity index (χ1n) is 6.94. The van der Waals surface area contributed by atoms with Gasteiger partial charge in [-0.05, 0) is 6.42 Å². The van der Waals surface area contributed by atoms with E-state index < -0.39 is 12.0 Å². The molecule has 1 saturated heterocycles. The Morgan fingerprint density at radius 2 is 2.10 bits per heavy atom. The molecule has 0 bridgehead atoms. The predicted molar refractivity (Wildman–Crippen MR) is 73.3 cm³/mol. The third kappa shape index (κ3) is 3.71. The van der Waals surface area contributed by atoms with Gasteiger partial charge >= 0.3 is 6.01 Å². The van der Waals surface area contributed by atoms with E-state index in [1.807, 2.05) is 4.90 Å². The van der Waals surface area contributed by atoms with Crippen molar-refractivity contribution < 1.29 is 18.3 Å². The molecule has 0 spiro atoms. The number of hydrogen-bond donors (Lipinski definition) is 0. The lowest BCUT2D eigenvalue weighted by Crippen LogP contribution is -2.36. The molecule has 1 saturated carbocycles. The molecule has 0 amide bonds. The summed E-state index contributed by atoms with van der Waals surface area (Å²) in [6, 6.07) is 1.70. The molecule has 8 heteroatoms. The van der Waals surface area contributed by atoms with Crippen molar-refractivity contribution >= 4 is 17.4 Å². The van der Waals surface area contributed by atoms with Crippen molar-refractivity contribution in [3.05, 3.63) is 11.2 Å². The molecule has 2 aliphatic rings. The van der Waals surface area contributed by atoms with Gasteiger partial charge < -0.3 is 14.4 Å². The van der Waals surface area contributed by atoms with Crippen molar-refractivity contribution in [1.29, 1.82) is 0 Å². The first-order valence-corrected chi connectivity index (χ1v) is 7.31. The lowest BCUT2D eigenvalue weighted by molar-refractivity contribution is -0.00175. The third-order valence-electron chi connectivity index (χ3n) is 3.63. The van der Waals surface area contributed by atoms with Gasteiger partial charge in [0.25, 0.3) is 5.92 Å². The van der Waals surface area contributed by atoms with E-state index in [4.69, 9.17) is 21.1 Å². The molecule has 1 aromatic heterocycles. The van der Waals surface area contributed by atoms with Gasteiger partial charge in [0.1, 0.15) is 17.1 Å². The van der Waals surface area contributed by atoms with Gasteiger partial charge in [0.05, 0.1) is 13.2 Å². The minimum absolute atomic E-state index is 0.0618. The fourth-order valence-corrected chi connectivity index (χ4v) is 2.72. The van der Waals surface area contributed by atoms with Crippen molar-refractivity contribution in [1.82, 2.24) is 9.97 Å². The second-order valence-corrected chi connectivity index (χ2v) is 5.66. The number of halogens is 3. The number of hydrogen-bond acceptors (Lipinski definition) is 5. The van der Waals surface area contributed by atoms with E-state index in [2.05, 4.69) is 9.97 Å². The number of alkyl halides is 2. The Morgan fingerprint density at radius 1 is 1.33 bits per heavy atom. The largest absolute Gasteiger partial charge is 0.460 e. The topological polar surface area (TPSA) is 47.5 Å². The van der Waals surface area contributed by atoms with E-state index in [-0.39, 0.29) is 24.0 Å². The molecule has 0 radical (unpaired) electrons. The molecule has 1 unspecified atom stereocenters. The van der Waals surface area contributed by atoms with E-state index >= 15 is 0 Å². The van der Waals surface area contributed by atoms with Crippen molar-refractivity contribution in [2.75, 3.05) is 31.2 Å². The summed E-state index contributed by atoms with van der Waals surface area (Å²) in [5, 5.41) is 0.242. The number of rotatable bonds is 3. The van der Waals surface area contributed by atoms with Crippen LogP contribution in [-0.2, 0) is 4.74 Å². The highest BCUT2D eigenvalue weighted by Crippen LogP contribution is 2.36. The molecule has 2 heterocycles. The van der Waals surface area contributed by atoms with Crippen LogP contribution in [0.1, 0.15) is 19.3 Å². The van der Waals surface area contributed by atoms with Crippen LogP contribution in [0.3, 0.4) is 0 Å². The summed E-state index contributed by atoms with van der Waals surface area (Å²) < 4.78 is 37.1. The number of morpholine rings is 1. The van der Waals surface area contributed by atoms with Gasteiger partial charge in [-0.3, -0.25) is 0 Å². The molecular weight excluding hydrogens is 304 g/mol. The standard InChI is InChI=1S/C13H16ClF2N3O2/c14-10-7-11(19-3-5-20-6-4-19)18-12(17-10)21-9-1-2-13(15,16)8-9/h7,9H,1-6,8H2. The number of aromatic nitrogens is 2. The van der Waals surface area contributed by atoms with E-state index in [1.165, 1.54) is 0 Å². The van der Waals surface area contributed by atoms with Gasteiger partial charge in [-0.1, -0.05) is 11.6 Å². The SMILES string of the molecule is FC1(F)CCC(Oc2nc(Cl)cc(N3CCOCC3)n2)C1. The normalized spacial score (nSPS) is 25.1. The van der Waals surface area contributed by atoms with Crippen molar-refractivity contribution in [2.45, 2.75) is 31.3 Å². The molecule has 0 N–H and O–H groups in total. The monoisotopic (exact) mass is 319 g/mol. The third-order valence-corrected chi connectivity index (χ3v) is 3.82. The summed E-state index contributed by atoms with van der Waals surface area (Å²) in [6.07, 6.45) is -0.712. The van der Waals surface area contributed by atoms with Gasteiger partial charge in [-0.2, -0.15) is 9.97 Å². The molecule has 116 valence electrons. The summed E-state index contributed by atoms with van der Waals surface area (Å²) >= 11 is 5.97. The molecule has 1 aliphatic heterocycles. The molecule has 21 heavy (non-hydrogen) atoms. The highest BCUT2D eigenvalue weighted by Gasteiger charge is 2.41. The van der Waals surface area contributed by atoms with Crippen LogP contribution in [0.5, 0.6) is 6.01 Å². The maximum absolute atomic E-state index is 13.2. The first-order chi connectivity index (χ1) is 10.0. The Balaban J connectivity index is 1.72. The second-order valence-electron chi connectivity index (χ2n) is 5.27. The Labute approximate surface area is 126 Å². The molecule has 0 aromatic carbocycles. The van der Waals surface area contributed by atoms with Gasteiger partial charge in [0.15, 0.2) is 0 Å². The smallest absolute Gasteiger partial charge is 0.320 e. The highest BCUT2D eigenvalue weighted by atomic mass is 35.5. The Bertz CT molecular complexity index is 512. The van der Waals surface area contributed by atoms with Crippen LogP contribution in [0.15, 0.2) is 6.07 Å². The average Bonchev–Trinajstić information content (AvgIpc) is 2.78. The molecule has 5 nitrogen and oxygen atoms in total. The highest BCUT2D eigenvalue weighted by molar-refractivity contribution is 6.29. The fraction of sp³-hybridized carbons (Fsp3) is 0.692. The maximum Gasteiger partial charge on any atom is 0.320 e. The summed E-state index contributed by atoms with van der Waals surface area (Å²) in [4.78, 5) is 10.3. The summed E-state index contributed by atoms with van der Waals surface area (Å²) in [7, 11) is 0. The van der Waals surface area contributed by atoms with Crippen LogP contribution >= 0.6 is 11.6 Å². The maximum atomic E-state index is 13.2. The van der Waals surface area contributed by atoms with Gasteiger partial charge in [0, 0.05) is 32.0 Å². The Kier molecular flexibility index (Phi) is 4.12. The minimum atomic E-state index is -2.66. The fourth-order valence-electron chi connectivity index (χ4n) is 2.55. The molecule has 1 atom stereocenters. The Morgan fingerprint density at radius 3 is 2.76 bits per heavy atom. The second kappa shape index (κ2) is 5.88. The van der Waals surface area contributed by atoms with E-state index in [0.29, 0.717) is 38.5 Å². The molecule has 3 rings (SSSR count). The van der Waals surface area contributed by atoms with E-state index in [1.54, 1.807) is 6.07 Å². The lowest BCUT2D eigenvalue weighted by Gasteiger charge is -2.28. The van der Waals surface area contributed by atoms with E-state index in [0.717, 1.165) is 0 Å². The van der Waals surface area contributed by atoms with Crippen molar-refractivity contribution in [3.63, 3.8) is 0 Å². The number of nitrogens with zero attached hydrogens (tertiary/aromatic N) is 3. The van der Waals surface area contributed by atoms with Crippen LogP contribution in [0, 0.1) is 0 Å². The zero-order chi connectivity index (χ0) is 14.9. The van der Waals surface area contributed by atoms with Crippen molar-refractivity contribution in [3.8, 4) is 6.01 Å². The van der Waals surface area contributed by atoms with Crippen LogP contribution in [-0.4, -0.2) is 48.3 Å². The Hall–Kier alpha value is -1.21. The quantitative estimate of drug-likeness (QED) is 0.801. The first kappa shape index (κ1) is 14.7.